The number of allylic oxidation sites excluding steroid dienone is 4. The van der Waals surface area contributed by atoms with Crippen LogP contribution in [0.5, 0.6) is 0 Å². The molecule has 0 spiro atoms. The van der Waals surface area contributed by atoms with Gasteiger partial charge in [-0.2, -0.15) is 0 Å². The first-order valence-electron chi connectivity index (χ1n) is 8.44. The number of hydrogen-bond acceptors (Lipinski definition) is 4. The van der Waals surface area contributed by atoms with E-state index in [1.54, 1.807) is 31.2 Å². The minimum absolute atomic E-state index is 0.0989. The van der Waals surface area contributed by atoms with Gasteiger partial charge in [0.15, 0.2) is 5.76 Å². The fourth-order valence-electron chi connectivity index (χ4n) is 4.64. The number of aliphatic carboxylic acids is 1. The molecule has 25 heavy (non-hydrogen) atoms. The van der Waals surface area contributed by atoms with Gasteiger partial charge < -0.3 is 15.3 Å². The molecule has 5 nitrogen and oxygen atoms in total. The molecule has 0 unspecified atom stereocenters. The number of carbonyl (C=O) groups excluding carboxylic acids is 1. The predicted molar refractivity (Wildman–Crippen MR) is 92.8 cm³/mol. The molecule has 0 aromatic rings. The molecular formula is C20H24O5. The average molecular weight is 344 g/mol. The van der Waals surface area contributed by atoms with Crippen LogP contribution in [0.4, 0.5) is 0 Å². The molecule has 0 fully saturated rings. The zero-order chi connectivity index (χ0) is 18.8. The van der Waals surface area contributed by atoms with Crippen LogP contribution < -0.4 is 0 Å². The van der Waals surface area contributed by atoms with Crippen molar-refractivity contribution in [3.63, 3.8) is 0 Å². The molecular weight excluding hydrogens is 320 g/mol. The molecule has 3 aliphatic rings. The second-order valence-corrected chi connectivity index (χ2v) is 8.13. The van der Waals surface area contributed by atoms with Crippen LogP contribution in [0, 0.1) is 16.2 Å². The molecule has 5 heteroatoms. The molecule has 4 atom stereocenters. The third-order valence-electron chi connectivity index (χ3n) is 6.49. The van der Waals surface area contributed by atoms with Crippen molar-refractivity contribution >= 4 is 11.8 Å². The summed E-state index contributed by atoms with van der Waals surface area (Å²) >= 11 is 0. The van der Waals surface area contributed by atoms with E-state index in [-0.39, 0.29) is 24.0 Å². The van der Waals surface area contributed by atoms with Crippen LogP contribution in [0.25, 0.3) is 0 Å². The van der Waals surface area contributed by atoms with Crippen molar-refractivity contribution < 1.29 is 24.9 Å². The molecule has 3 aliphatic carbocycles. The summed E-state index contributed by atoms with van der Waals surface area (Å²) in [6, 6.07) is 0. The van der Waals surface area contributed by atoms with Gasteiger partial charge in [-0.25, -0.2) is 0 Å². The van der Waals surface area contributed by atoms with Gasteiger partial charge in [-0.1, -0.05) is 31.2 Å². The summed E-state index contributed by atoms with van der Waals surface area (Å²) in [5.41, 5.74) is -4.39. The van der Waals surface area contributed by atoms with Gasteiger partial charge in [-0.3, -0.25) is 9.59 Å². The Labute approximate surface area is 147 Å². The van der Waals surface area contributed by atoms with Gasteiger partial charge in [0.25, 0.3) is 0 Å². The quantitative estimate of drug-likeness (QED) is 0.669. The molecule has 3 N–H and O–H groups in total. The number of carboxylic acid groups (broad SMARTS) is 1. The Morgan fingerprint density at radius 2 is 1.92 bits per heavy atom. The predicted octanol–water partition coefficient (Wildman–Crippen LogP) is 3.08. The van der Waals surface area contributed by atoms with Gasteiger partial charge in [0.05, 0.1) is 5.41 Å². The monoisotopic (exact) mass is 344 g/mol. The summed E-state index contributed by atoms with van der Waals surface area (Å²) < 4.78 is 0. The van der Waals surface area contributed by atoms with Crippen LogP contribution >= 0.6 is 0 Å². The fraction of sp³-hybridized carbons (Fsp3) is 0.500. The first kappa shape index (κ1) is 17.7. The Morgan fingerprint density at radius 1 is 1.28 bits per heavy atom. The van der Waals surface area contributed by atoms with Crippen LogP contribution in [0.2, 0.25) is 0 Å². The molecule has 0 aromatic carbocycles. The van der Waals surface area contributed by atoms with Crippen LogP contribution in [0.3, 0.4) is 0 Å². The van der Waals surface area contributed by atoms with Crippen molar-refractivity contribution in [1.82, 2.24) is 0 Å². The Morgan fingerprint density at radius 3 is 2.48 bits per heavy atom. The minimum Gasteiger partial charge on any atom is -0.504 e. The van der Waals surface area contributed by atoms with Gasteiger partial charge in [0.1, 0.15) is 5.60 Å². The summed E-state index contributed by atoms with van der Waals surface area (Å²) in [7, 11) is 0. The second-order valence-electron chi connectivity index (χ2n) is 8.13. The van der Waals surface area contributed by atoms with Crippen molar-refractivity contribution in [3.8, 4) is 0 Å². The highest BCUT2D eigenvalue weighted by Crippen LogP contribution is 2.62. The number of aliphatic hydroxyl groups excluding tert-OH is 1. The molecule has 0 heterocycles. The largest absolute Gasteiger partial charge is 0.504 e. The Bertz CT molecular complexity index is 788. The van der Waals surface area contributed by atoms with E-state index in [0.29, 0.717) is 6.42 Å². The smallest absolute Gasteiger partial charge is 0.313 e. The number of carboxylic acids is 1. The van der Waals surface area contributed by atoms with E-state index in [0.717, 1.165) is 0 Å². The van der Waals surface area contributed by atoms with Gasteiger partial charge in [-0.15, -0.1) is 6.58 Å². The van der Waals surface area contributed by atoms with Crippen LogP contribution in [-0.4, -0.2) is 32.7 Å². The Kier molecular flexibility index (Phi) is 3.50. The Balaban J connectivity index is 2.36. The van der Waals surface area contributed by atoms with Crippen molar-refractivity contribution in [3.05, 3.63) is 47.8 Å². The van der Waals surface area contributed by atoms with E-state index < -0.39 is 39.4 Å². The van der Waals surface area contributed by atoms with Crippen LogP contribution in [-0.2, 0) is 9.59 Å². The highest BCUT2D eigenvalue weighted by atomic mass is 16.4. The molecule has 0 radical (unpaired) electrons. The molecule has 0 aliphatic heterocycles. The highest BCUT2D eigenvalue weighted by molar-refractivity contribution is 6.11. The summed E-state index contributed by atoms with van der Waals surface area (Å²) in [6.45, 7) is 8.91. The highest BCUT2D eigenvalue weighted by Gasteiger charge is 2.64. The van der Waals surface area contributed by atoms with Gasteiger partial charge in [-0.05, 0) is 33.1 Å². The molecule has 3 rings (SSSR count). The summed E-state index contributed by atoms with van der Waals surface area (Å²) in [6.07, 6.45) is 7.86. The number of fused-ring (bicyclic) bond motifs is 3. The molecule has 134 valence electrons. The van der Waals surface area contributed by atoms with Gasteiger partial charge >= 0.3 is 5.97 Å². The van der Waals surface area contributed by atoms with Crippen LogP contribution in [0.1, 0.15) is 40.0 Å². The number of Topliss-reactive ketones (excluding diaryl/α,β-unsaturated/α-hetero) is 1. The first-order valence-corrected chi connectivity index (χ1v) is 8.44. The zero-order valence-electron chi connectivity index (χ0n) is 14.8. The number of aliphatic hydroxyl groups is 2. The van der Waals surface area contributed by atoms with Gasteiger partial charge in [0, 0.05) is 22.0 Å². The summed E-state index contributed by atoms with van der Waals surface area (Å²) in [4.78, 5) is 24.8. The van der Waals surface area contributed by atoms with E-state index in [1.165, 1.54) is 6.92 Å². The fourth-order valence-corrected chi connectivity index (χ4v) is 4.64. The molecule has 0 saturated carbocycles. The van der Waals surface area contributed by atoms with E-state index in [2.05, 4.69) is 6.58 Å². The number of ketones is 1. The van der Waals surface area contributed by atoms with Gasteiger partial charge in [0.2, 0.25) is 5.78 Å². The van der Waals surface area contributed by atoms with E-state index in [4.69, 9.17) is 0 Å². The number of carbonyl (C=O) groups is 2. The SMILES string of the molecule is C=C[C@]1(C)C=C2C(=O)C(O)=C3[C@](C)(C(=O)O)CC=C[C@]3(C)[C@@]2(O)CC1. The summed E-state index contributed by atoms with van der Waals surface area (Å²) in [5.74, 6) is -2.37. The maximum Gasteiger partial charge on any atom is 0.313 e. The Hall–Kier alpha value is -2.14. The third kappa shape index (κ3) is 1.99. The average Bonchev–Trinajstić information content (AvgIpc) is 2.55. The van der Waals surface area contributed by atoms with E-state index >= 15 is 0 Å². The lowest BCUT2D eigenvalue weighted by molar-refractivity contribution is -0.148. The van der Waals surface area contributed by atoms with E-state index in [9.17, 15) is 24.9 Å². The zero-order valence-corrected chi connectivity index (χ0v) is 14.8. The van der Waals surface area contributed by atoms with Crippen molar-refractivity contribution in [2.45, 2.75) is 45.6 Å². The number of rotatable bonds is 2. The lowest BCUT2D eigenvalue weighted by Gasteiger charge is -2.56. The molecule has 0 amide bonds. The molecule has 0 bridgehead atoms. The third-order valence-corrected chi connectivity index (χ3v) is 6.49. The standard InChI is InChI=1S/C20H24O5/c1-5-17(2)9-10-20(25)12(11-17)13(21)14(22)15-18(3,16(23)24)7-6-8-19(15,20)4/h5-6,8,11,22,25H,1,7,9-10H2,2-4H3,(H,23,24)/t17-,18+,19-,20+/m0/s1. The lowest BCUT2D eigenvalue weighted by atomic mass is 9.48. The molecule has 0 aromatic heterocycles. The van der Waals surface area contributed by atoms with Crippen molar-refractivity contribution in [2.24, 2.45) is 16.2 Å². The van der Waals surface area contributed by atoms with Crippen LogP contribution in [0.15, 0.2) is 47.8 Å². The number of hydrogen-bond donors (Lipinski definition) is 3. The first-order chi connectivity index (χ1) is 11.5. The maximum atomic E-state index is 12.9. The van der Waals surface area contributed by atoms with Crippen molar-refractivity contribution in [2.75, 3.05) is 0 Å². The molecule has 0 saturated heterocycles. The van der Waals surface area contributed by atoms with E-state index in [1.807, 2.05) is 6.92 Å². The minimum atomic E-state index is -1.55. The normalized spacial score (nSPS) is 43.2. The second kappa shape index (κ2) is 4.94. The summed E-state index contributed by atoms with van der Waals surface area (Å²) in [5, 5.41) is 32.0. The topological polar surface area (TPSA) is 94.8 Å². The van der Waals surface area contributed by atoms with Crippen molar-refractivity contribution in [1.29, 1.82) is 0 Å². The lowest BCUT2D eigenvalue weighted by Crippen LogP contribution is -2.60. The maximum absolute atomic E-state index is 12.9.